The van der Waals surface area contributed by atoms with Crippen molar-refractivity contribution in [2.45, 2.75) is 71.3 Å². The quantitative estimate of drug-likeness (QED) is 0.397. The average molecular weight is 381 g/mol. The number of hydrogen-bond donors (Lipinski definition) is 1. The normalized spacial score (nSPS) is 11.4. The zero-order valence-electron chi connectivity index (χ0n) is 17.3. The molecule has 0 saturated heterocycles. The van der Waals surface area contributed by atoms with Crippen molar-refractivity contribution in [3.05, 3.63) is 70.8 Å². The highest BCUT2D eigenvalue weighted by molar-refractivity contribution is 6.11. The fourth-order valence-electron chi connectivity index (χ4n) is 3.36. The predicted molar refractivity (Wildman–Crippen MR) is 114 cm³/mol. The Morgan fingerprint density at radius 2 is 1.50 bits per heavy atom. The molecule has 0 unspecified atom stereocenters. The van der Waals surface area contributed by atoms with Gasteiger partial charge in [-0.15, -0.1) is 0 Å². The molecule has 3 heteroatoms. The van der Waals surface area contributed by atoms with Crippen LogP contribution < -0.4 is 0 Å². The van der Waals surface area contributed by atoms with Crippen LogP contribution in [0.3, 0.4) is 0 Å². The van der Waals surface area contributed by atoms with Gasteiger partial charge in [0.05, 0.1) is 0 Å². The van der Waals surface area contributed by atoms with Gasteiger partial charge in [-0.05, 0) is 38.3 Å². The van der Waals surface area contributed by atoms with Crippen LogP contribution in [0, 0.1) is 0 Å². The molecule has 0 saturated carbocycles. The van der Waals surface area contributed by atoms with E-state index < -0.39 is 5.60 Å². The third-order valence-corrected chi connectivity index (χ3v) is 5.00. The Hall–Kier alpha value is -2.26. The topological polar surface area (TPSA) is 54.4 Å². The van der Waals surface area contributed by atoms with Gasteiger partial charge in [0, 0.05) is 16.7 Å². The molecule has 2 aromatic rings. The fourth-order valence-corrected chi connectivity index (χ4v) is 3.36. The third-order valence-electron chi connectivity index (χ3n) is 5.00. The van der Waals surface area contributed by atoms with Crippen LogP contribution in [0.5, 0.6) is 0 Å². The van der Waals surface area contributed by atoms with E-state index in [1.54, 1.807) is 18.2 Å². The molecule has 2 rings (SSSR count). The molecule has 0 atom stereocenters. The smallest absolute Gasteiger partial charge is 0.193 e. The largest absolute Gasteiger partial charge is 0.382 e. The number of benzene rings is 2. The van der Waals surface area contributed by atoms with Crippen molar-refractivity contribution in [2.24, 2.45) is 0 Å². The second kappa shape index (κ2) is 10.3. The Balaban J connectivity index is 2.25. The molecule has 3 nitrogen and oxygen atoms in total. The van der Waals surface area contributed by atoms with Crippen molar-refractivity contribution < 1.29 is 14.7 Å². The summed E-state index contributed by atoms with van der Waals surface area (Å²) in [6.07, 6.45) is 7.76. The summed E-state index contributed by atoms with van der Waals surface area (Å²) in [6.45, 7) is 5.18. The number of carbonyl (C=O) groups excluding carboxylic acids is 2. The first-order valence-corrected chi connectivity index (χ1v) is 10.3. The number of aryl methyl sites for hydroxylation is 1. The van der Waals surface area contributed by atoms with E-state index in [0.717, 1.165) is 24.8 Å². The predicted octanol–water partition coefficient (Wildman–Crippen LogP) is 5.77. The van der Waals surface area contributed by atoms with Crippen molar-refractivity contribution in [2.75, 3.05) is 0 Å². The van der Waals surface area contributed by atoms with Gasteiger partial charge in [-0.25, -0.2) is 0 Å². The molecule has 0 fully saturated rings. The molecule has 28 heavy (non-hydrogen) atoms. The van der Waals surface area contributed by atoms with E-state index >= 15 is 0 Å². The van der Waals surface area contributed by atoms with Crippen LogP contribution in [0.4, 0.5) is 0 Å². The summed E-state index contributed by atoms with van der Waals surface area (Å²) < 4.78 is 0. The zero-order valence-corrected chi connectivity index (χ0v) is 17.3. The van der Waals surface area contributed by atoms with Gasteiger partial charge in [0.15, 0.2) is 11.6 Å². The molecule has 0 aromatic heterocycles. The molecule has 0 aliphatic heterocycles. The summed E-state index contributed by atoms with van der Waals surface area (Å²) >= 11 is 0. The SMILES string of the molecule is CCCCCCCCc1cc(C(=O)C(C)(C)O)ccc1C(=O)c1ccccc1. The first-order valence-electron chi connectivity index (χ1n) is 10.3. The summed E-state index contributed by atoms with van der Waals surface area (Å²) in [5, 5.41) is 10.1. The summed E-state index contributed by atoms with van der Waals surface area (Å²) in [4.78, 5) is 25.5. The maximum Gasteiger partial charge on any atom is 0.193 e. The lowest BCUT2D eigenvalue weighted by Gasteiger charge is -2.17. The number of unbranched alkanes of at least 4 members (excludes halogenated alkanes) is 5. The lowest BCUT2D eigenvalue weighted by molar-refractivity contribution is 0.0488. The maximum absolute atomic E-state index is 13.0. The Bertz CT molecular complexity index is 785. The minimum absolute atomic E-state index is 0.0242. The van der Waals surface area contributed by atoms with Crippen LogP contribution in [0.15, 0.2) is 48.5 Å². The molecule has 0 radical (unpaired) electrons. The number of aliphatic hydroxyl groups is 1. The number of rotatable bonds is 11. The van der Waals surface area contributed by atoms with Gasteiger partial charge in [0.1, 0.15) is 5.60 Å². The van der Waals surface area contributed by atoms with E-state index in [0.29, 0.717) is 16.7 Å². The van der Waals surface area contributed by atoms with Gasteiger partial charge in [-0.3, -0.25) is 9.59 Å². The van der Waals surface area contributed by atoms with Gasteiger partial charge in [0.25, 0.3) is 0 Å². The average Bonchev–Trinajstić information content (AvgIpc) is 2.69. The highest BCUT2D eigenvalue weighted by Gasteiger charge is 2.26. The monoisotopic (exact) mass is 380 g/mol. The number of carbonyl (C=O) groups is 2. The first kappa shape index (κ1) is 22.0. The molecule has 1 N–H and O–H groups in total. The van der Waals surface area contributed by atoms with Gasteiger partial charge in [0.2, 0.25) is 0 Å². The Morgan fingerprint density at radius 1 is 0.857 bits per heavy atom. The lowest BCUT2D eigenvalue weighted by atomic mass is 9.89. The van der Waals surface area contributed by atoms with Crippen molar-refractivity contribution in [1.82, 2.24) is 0 Å². The number of hydrogen-bond acceptors (Lipinski definition) is 3. The minimum atomic E-state index is -1.43. The minimum Gasteiger partial charge on any atom is -0.382 e. The Labute approximate surface area is 168 Å². The van der Waals surface area contributed by atoms with Crippen molar-refractivity contribution in [3.8, 4) is 0 Å². The molecule has 0 spiro atoms. The van der Waals surface area contributed by atoms with E-state index in [1.165, 1.54) is 39.5 Å². The molecule has 0 aliphatic carbocycles. The van der Waals surface area contributed by atoms with Crippen molar-refractivity contribution >= 4 is 11.6 Å². The van der Waals surface area contributed by atoms with Crippen LogP contribution >= 0.6 is 0 Å². The van der Waals surface area contributed by atoms with Crippen LogP contribution in [-0.2, 0) is 6.42 Å². The highest BCUT2D eigenvalue weighted by atomic mass is 16.3. The van der Waals surface area contributed by atoms with Crippen LogP contribution in [0.2, 0.25) is 0 Å². The molecule has 2 aromatic carbocycles. The van der Waals surface area contributed by atoms with E-state index in [4.69, 9.17) is 0 Å². The molecule has 150 valence electrons. The van der Waals surface area contributed by atoms with Crippen molar-refractivity contribution in [3.63, 3.8) is 0 Å². The summed E-state index contributed by atoms with van der Waals surface area (Å²) in [5.74, 6) is -0.348. The Morgan fingerprint density at radius 3 is 2.14 bits per heavy atom. The number of Topliss-reactive ketones (excluding diaryl/α,β-unsaturated/α-hetero) is 1. The van der Waals surface area contributed by atoms with Crippen LogP contribution in [0.1, 0.15) is 91.1 Å². The highest BCUT2D eigenvalue weighted by Crippen LogP contribution is 2.22. The van der Waals surface area contributed by atoms with Crippen molar-refractivity contribution in [1.29, 1.82) is 0 Å². The molecule has 0 heterocycles. The first-order chi connectivity index (χ1) is 13.3. The third kappa shape index (κ3) is 6.13. The standard InChI is InChI=1S/C25H32O3/c1-4-5-6-7-8-10-15-20-18-21(24(27)25(2,3)28)16-17-22(20)23(26)19-13-11-9-12-14-19/h9,11-14,16-18,28H,4-8,10,15H2,1-3H3. The summed E-state index contributed by atoms with van der Waals surface area (Å²) in [6, 6.07) is 14.4. The van der Waals surface area contributed by atoms with E-state index in [2.05, 4.69) is 6.92 Å². The lowest BCUT2D eigenvalue weighted by Crippen LogP contribution is -2.31. The van der Waals surface area contributed by atoms with Gasteiger partial charge in [-0.2, -0.15) is 0 Å². The Kier molecular flexibility index (Phi) is 8.13. The van der Waals surface area contributed by atoms with E-state index in [1.807, 2.05) is 30.3 Å². The second-order valence-corrected chi connectivity index (χ2v) is 7.97. The summed E-state index contributed by atoms with van der Waals surface area (Å²) in [5.41, 5.74) is 1.21. The molecule has 0 amide bonds. The molecular weight excluding hydrogens is 348 g/mol. The number of ketones is 2. The molecule has 0 bridgehead atoms. The van der Waals surface area contributed by atoms with Crippen LogP contribution in [0.25, 0.3) is 0 Å². The second-order valence-electron chi connectivity index (χ2n) is 7.97. The fraction of sp³-hybridized carbons (Fsp3) is 0.440. The molecule has 0 aliphatic rings. The van der Waals surface area contributed by atoms with E-state index in [9.17, 15) is 14.7 Å². The van der Waals surface area contributed by atoms with Gasteiger partial charge >= 0.3 is 0 Å². The van der Waals surface area contributed by atoms with E-state index in [-0.39, 0.29) is 11.6 Å². The van der Waals surface area contributed by atoms with Gasteiger partial charge < -0.3 is 5.11 Å². The zero-order chi connectivity index (χ0) is 20.6. The van der Waals surface area contributed by atoms with Gasteiger partial charge in [-0.1, -0.05) is 81.5 Å². The maximum atomic E-state index is 13.0. The summed E-state index contributed by atoms with van der Waals surface area (Å²) in [7, 11) is 0. The van der Waals surface area contributed by atoms with Crippen LogP contribution in [-0.4, -0.2) is 22.3 Å². The molecular formula is C25H32O3.